The molecule has 0 aliphatic heterocycles. The molecule has 0 saturated heterocycles. The molecule has 0 radical (unpaired) electrons. The van der Waals surface area contributed by atoms with Gasteiger partial charge in [-0.25, -0.2) is 9.59 Å². The number of esters is 2. The van der Waals surface area contributed by atoms with Crippen LogP contribution in [0, 0.1) is 5.92 Å². The van der Waals surface area contributed by atoms with Crippen LogP contribution in [0.5, 0.6) is 0 Å². The fraction of sp³-hybridized carbons (Fsp3) is 0.377. The molecule has 6 aromatic carbocycles. The number of amides is 7. The number of carboxylic acid groups (broad SMARTS) is 1. The van der Waals surface area contributed by atoms with Gasteiger partial charge >= 0.3 is 24.0 Å². The number of aliphatic carboxylic acids is 1. The number of ether oxygens (including phenoxy) is 3. The summed E-state index contributed by atoms with van der Waals surface area (Å²) in [7, 11) is 2.16. The maximum Gasteiger partial charge on any atom is 0.407 e. The van der Waals surface area contributed by atoms with Crippen molar-refractivity contribution in [3.8, 4) is 11.1 Å². The van der Waals surface area contributed by atoms with Crippen LogP contribution in [-0.4, -0.2) is 138 Å². The van der Waals surface area contributed by atoms with Crippen molar-refractivity contribution in [2.75, 3.05) is 27.4 Å². The number of fused-ring (bicyclic) bond motifs is 4. The Hall–Kier alpha value is -10.7. The van der Waals surface area contributed by atoms with Crippen molar-refractivity contribution in [1.29, 1.82) is 0 Å². The number of aromatic nitrogens is 1. The number of aromatic amines is 1. The lowest BCUT2D eigenvalue weighted by atomic mass is 9.77. The number of rotatable bonds is 35. The van der Waals surface area contributed by atoms with Gasteiger partial charge in [0.25, 0.3) is 0 Å². The molecule has 7 aromatic rings. The van der Waals surface area contributed by atoms with Crippen molar-refractivity contribution in [3.05, 3.63) is 203 Å². The fourth-order valence-electron chi connectivity index (χ4n) is 12.1. The molecule has 7 unspecified atom stereocenters. The predicted molar refractivity (Wildman–Crippen MR) is 377 cm³/mol. The molecule has 7 amide bonds. The molecule has 10 N–H and O–H groups in total. The van der Waals surface area contributed by atoms with Gasteiger partial charge in [-0.15, -0.1) is 0 Å². The lowest BCUT2D eigenvalue weighted by molar-refractivity contribution is -0.145. The number of methoxy groups -OCH3 is 2. The average Bonchev–Trinajstić information content (AvgIpc) is 0.869. The molecule has 100 heavy (non-hydrogen) atoms. The second kappa shape index (κ2) is 38.5. The number of unbranched alkanes of at least 4 members (excludes halogenated alkanes) is 6. The number of H-pyrrole nitrogens is 1. The van der Waals surface area contributed by atoms with Crippen molar-refractivity contribution >= 4 is 70.3 Å². The number of hydrogen-bond donors (Lipinski definition) is 10. The van der Waals surface area contributed by atoms with Gasteiger partial charge in [-0.2, -0.15) is 0 Å². The van der Waals surface area contributed by atoms with E-state index in [4.69, 9.17) is 9.47 Å². The predicted octanol–water partition coefficient (Wildman–Crippen LogP) is 8.55. The number of carbonyl (C=O) groups is 10. The van der Waals surface area contributed by atoms with Gasteiger partial charge in [-0.3, -0.25) is 38.4 Å². The maximum atomic E-state index is 15.0. The molecule has 0 spiro atoms. The number of hydrogen-bond acceptors (Lipinski definition) is 14. The number of aliphatic hydroxyl groups excluding tert-OH is 1. The number of benzene rings is 6. The first-order chi connectivity index (χ1) is 48.2. The number of nitrogens with one attached hydrogen (secondary N) is 8. The third-order valence-electron chi connectivity index (χ3n) is 17.8. The van der Waals surface area contributed by atoms with Gasteiger partial charge in [-0.1, -0.05) is 223 Å². The highest BCUT2D eigenvalue weighted by Crippen LogP contribution is 2.44. The second-order valence-electron chi connectivity index (χ2n) is 24.8. The molecule has 23 heteroatoms. The molecule has 7 atom stereocenters. The lowest BCUT2D eigenvalue weighted by Crippen LogP contribution is -2.61. The van der Waals surface area contributed by atoms with Gasteiger partial charge in [0.1, 0.15) is 48.9 Å². The summed E-state index contributed by atoms with van der Waals surface area (Å²) in [5, 5.41) is 38.9. The van der Waals surface area contributed by atoms with E-state index in [1.54, 1.807) is 13.1 Å². The zero-order chi connectivity index (χ0) is 72.1. The van der Waals surface area contributed by atoms with E-state index in [-0.39, 0.29) is 31.3 Å². The Morgan fingerprint density at radius 2 is 1.03 bits per heavy atom. The number of aliphatic hydroxyl groups is 1. The topological polar surface area (TPSA) is 339 Å². The summed E-state index contributed by atoms with van der Waals surface area (Å²) >= 11 is 0. The molecule has 530 valence electrons. The highest BCUT2D eigenvalue weighted by atomic mass is 16.6. The Kier molecular flexibility index (Phi) is 29.5. The minimum atomic E-state index is -1.81. The first-order valence-corrected chi connectivity index (χ1v) is 33.9. The molecule has 1 aliphatic rings. The first-order valence-electron chi connectivity index (χ1n) is 33.9. The van der Waals surface area contributed by atoms with E-state index < -0.39 is 121 Å². The van der Waals surface area contributed by atoms with Crippen LogP contribution in [0.1, 0.15) is 138 Å². The van der Waals surface area contributed by atoms with Gasteiger partial charge in [-0.05, 0) is 69.8 Å². The molecule has 0 fully saturated rings. The quantitative estimate of drug-likeness (QED) is 0.00770. The van der Waals surface area contributed by atoms with E-state index in [0.29, 0.717) is 35.1 Å². The van der Waals surface area contributed by atoms with Crippen molar-refractivity contribution in [1.82, 2.24) is 42.2 Å². The van der Waals surface area contributed by atoms with Crippen LogP contribution in [0.25, 0.3) is 22.0 Å². The Bertz CT molecular complexity index is 3740. The van der Waals surface area contributed by atoms with Crippen LogP contribution < -0.4 is 37.2 Å². The lowest BCUT2D eigenvalue weighted by Gasteiger charge is -2.37. The average molecular weight is 1370 g/mol. The standard InChI is InChI=1S/C56H69N7O11.C21H23NO4/c1-5-6-7-8-9-10-20-31-47(65)59-44(32-38-35-57-43-30-22-21-29-42(38)43)52(69)60-45(53(70)61-46(34-49(67)73-3)54(71)62-51(37(2)64)55(72)58-36-50(68)74-4)33-48(66)63-56(39-23-14-11-15-24-39,40-25-16-12-17-26-40)41-27-18-13-19-28-41;1-3-13(2)19(20(23)24)22-21(25)26-12-18-16-10-6-4-8-14(16)15-9-5-7-11-17(15)18/h11-19,21-30,35,37,44-46,51,57,64H,5-10,20,31-34,36H2,1-4H3,(H,58,72)(H,59,65)(H,60,69)(H,61,70)(H,62,71)(H,63,66);4-11,13,18-19H,3,12H2,1-2H3,(H,22,25)(H,23,24). The highest BCUT2D eigenvalue weighted by molar-refractivity contribution is 5.99. The molecule has 0 bridgehead atoms. The third-order valence-corrected chi connectivity index (χ3v) is 17.8. The highest BCUT2D eigenvalue weighted by Gasteiger charge is 2.41. The summed E-state index contributed by atoms with van der Waals surface area (Å²) in [5.41, 5.74) is 6.66. The van der Waals surface area contributed by atoms with E-state index in [1.165, 1.54) is 6.92 Å². The normalized spacial score (nSPS) is 13.6. The Balaban J connectivity index is 0.000000448. The van der Waals surface area contributed by atoms with Gasteiger partial charge in [0.05, 0.1) is 33.2 Å². The number of alkyl carbamates (subject to hydrolysis) is 1. The second-order valence-corrected chi connectivity index (χ2v) is 24.8. The van der Waals surface area contributed by atoms with E-state index in [0.717, 1.165) is 85.9 Å². The third kappa shape index (κ3) is 21.2. The maximum absolute atomic E-state index is 15.0. The minimum absolute atomic E-state index is 0.0234. The summed E-state index contributed by atoms with van der Waals surface area (Å²) in [6.07, 6.45) is 5.50. The van der Waals surface area contributed by atoms with E-state index >= 15 is 0 Å². The van der Waals surface area contributed by atoms with Crippen molar-refractivity contribution in [2.45, 2.75) is 153 Å². The SMILES string of the molecule is CCC(C)C(NC(=O)OCC1c2ccccc2-c2ccccc21)C(=O)O.CCCCCCCCCC(=O)NC(Cc1c[nH]c2ccccc12)C(=O)NC(CC(=O)NC(c1ccccc1)(c1ccccc1)c1ccccc1)C(=O)NC(CC(=O)OC)C(=O)NC(C(=O)NCC(=O)OC)C(C)O. The monoisotopic (exact) mass is 1370 g/mol. The van der Waals surface area contributed by atoms with Crippen LogP contribution in [0.3, 0.4) is 0 Å². The number of carboxylic acids is 1. The van der Waals surface area contributed by atoms with Gasteiger partial charge in [0.15, 0.2) is 0 Å². The zero-order valence-electron chi connectivity index (χ0n) is 57.4. The minimum Gasteiger partial charge on any atom is -0.480 e. The van der Waals surface area contributed by atoms with Gasteiger partial charge in [0.2, 0.25) is 35.4 Å². The molecule has 1 aromatic heterocycles. The molecule has 8 rings (SSSR count). The first kappa shape index (κ1) is 76.7. The Morgan fingerprint density at radius 1 is 0.530 bits per heavy atom. The van der Waals surface area contributed by atoms with Crippen LogP contribution in [-0.2, 0) is 69.3 Å². The summed E-state index contributed by atoms with van der Waals surface area (Å²) in [6.45, 7) is 6.60. The molecule has 23 nitrogen and oxygen atoms in total. The van der Waals surface area contributed by atoms with Crippen LogP contribution >= 0.6 is 0 Å². The van der Waals surface area contributed by atoms with Crippen molar-refractivity contribution < 1.29 is 72.4 Å². The van der Waals surface area contributed by atoms with Gasteiger partial charge in [0, 0.05) is 35.9 Å². The number of para-hydroxylation sites is 1. The molecular formula is C77H92N8O15. The molecule has 1 heterocycles. The Morgan fingerprint density at radius 3 is 1.57 bits per heavy atom. The zero-order valence-corrected chi connectivity index (χ0v) is 57.4. The largest absolute Gasteiger partial charge is 0.480 e. The van der Waals surface area contributed by atoms with E-state index in [9.17, 15) is 58.2 Å². The van der Waals surface area contributed by atoms with E-state index in [1.807, 2.05) is 159 Å². The summed E-state index contributed by atoms with van der Waals surface area (Å²) in [6, 6.07) is 43.6. The molecule has 0 saturated carbocycles. The van der Waals surface area contributed by atoms with Crippen LogP contribution in [0.2, 0.25) is 0 Å². The number of carbonyl (C=O) groups excluding carboxylic acids is 9. The van der Waals surface area contributed by atoms with Crippen LogP contribution in [0.4, 0.5) is 4.79 Å². The molecule has 1 aliphatic carbocycles. The summed E-state index contributed by atoms with van der Waals surface area (Å²) in [5.74, 6) is -8.23. The fourth-order valence-corrected chi connectivity index (χ4v) is 12.1. The van der Waals surface area contributed by atoms with Crippen LogP contribution in [0.15, 0.2) is 170 Å². The van der Waals surface area contributed by atoms with E-state index in [2.05, 4.69) is 66.0 Å². The van der Waals surface area contributed by atoms with Crippen molar-refractivity contribution in [3.63, 3.8) is 0 Å². The van der Waals surface area contributed by atoms with Crippen molar-refractivity contribution in [2.24, 2.45) is 5.92 Å². The summed E-state index contributed by atoms with van der Waals surface area (Å²) < 4.78 is 14.8. The molecular weight excluding hydrogens is 1280 g/mol. The summed E-state index contributed by atoms with van der Waals surface area (Å²) in [4.78, 5) is 137. The van der Waals surface area contributed by atoms with Gasteiger partial charge < -0.3 is 66.6 Å². The Labute approximate surface area is 582 Å². The smallest absolute Gasteiger partial charge is 0.407 e.